The molecule has 8 aromatic carbocycles. The Morgan fingerprint density at radius 2 is 0.828 bits per heavy atom. The average Bonchev–Trinajstić information content (AvgIpc) is 3.26. The van der Waals surface area contributed by atoms with Crippen molar-refractivity contribution in [1.29, 1.82) is 0 Å². The molecule has 11 rings (SSSR count). The monoisotopic (exact) mass is 746 g/mol. The summed E-state index contributed by atoms with van der Waals surface area (Å²) in [7, 11) is 0. The molecular formula is C56H46N2. The summed E-state index contributed by atoms with van der Waals surface area (Å²) < 4.78 is 0. The van der Waals surface area contributed by atoms with Crippen LogP contribution in [0.1, 0.15) is 68.4 Å². The molecule has 2 aliphatic heterocycles. The number of benzene rings is 8. The molecule has 0 bridgehead atoms. The number of nitrogens with zero attached hydrogens (tertiary/aromatic N) is 2. The van der Waals surface area contributed by atoms with E-state index < -0.39 is 0 Å². The summed E-state index contributed by atoms with van der Waals surface area (Å²) in [5, 5.41) is 5.11. The van der Waals surface area contributed by atoms with Crippen LogP contribution in [-0.2, 0) is 10.8 Å². The van der Waals surface area contributed by atoms with E-state index in [1.165, 1.54) is 100 Å². The van der Waals surface area contributed by atoms with Gasteiger partial charge in [0.25, 0.3) is 0 Å². The standard InChI is InChI=1S/C56H46N2/c1-55(2)45-23-11-15-27-49(45)57(50-28-16-12-24-46(50)55)39-31-33-41-43(35-39)54(38-21-9-6-10-22-38)44-36-40(32-34-42(44)53(41)37-19-7-5-8-20-37)58-51-29-17-13-25-47(51)56(3,4)48-26-14-18-30-52(48)58/h5-9,11-21,23-36H,10,22H2,1-4H3. The molecule has 0 saturated heterocycles. The van der Waals surface area contributed by atoms with Crippen molar-refractivity contribution >= 4 is 61.2 Å². The molecule has 8 aromatic rings. The maximum atomic E-state index is 2.50. The van der Waals surface area contributed by atoms with Crippen molar-refractivity contribution in [3.05, 3.63) is 210 Å². The van der Waals surface area contributed by atoms with Crippen molar-refractivity contribution < 1.29 is 0 Å². The zero-order valence-corrected chi connectivity index (χ0v) is 33.6. The molecule has 1 aliphatic carbocycles. The number of anilines is 6. The molecule has 280 valence electrons. The van der Waals surface area contributed by atoms with E-state index in [0.717, 1.165) is 12.8 Å². The number of hydrogen-bond donors (Lipinski definition) is 0. The van der Waals surface area contributed by atoms with Crippen LogP contribution < -0.4 is 9.80 Å². The highest BCUT2D eigenvalue weighted by Crippen LogP contribution is 2.55. The van der Waals surface area contributed by atoms with Crippen molar-refractivity contribution in [2.24, 2.45) is 0 Å². The SMILES string of the molecule is CC1(C)c2ccccc2N(c2ccc3c(-c4ccccc4)c4ccc(N5c6ccccc6C(C)(C)c6ccccc65)cc4c(C4=CC=CCC4)c3c2)c2ccccc21. The van der Waals surface area contributed by atoms with Crippen LogP contribution in [0.3, 0.4) is 0 Å². The van der Waals surface area contributed by atoms with Gasteiger partial charge in [-0.15, -0.1) is 0 Å². The fourth-order valence-corrected chi connectivity index (χ4v) is 10.4. The minimum atomic E-state index is -0.126. The van der Waals surface area contributed by atoms with Crippen molar-refractivity contribution in [2.45, 2.75) is 51.4 Å². The first-order valence-electron chi connectivity index (χ1n) is 20.8. The Bertz CT molecular complexity index is 2750. The Hall–Kier alpha value is -6.64. The molecule has 0 atom stereocenters. The summed E-state index contributed by atoms with van der Waals surface area (Å²) in [5.41, 5.74) is 17.6. The minimum absolute atomic E-state index is 0.126. The van der Waals surface area contributed by atoms with Gasteiger partial charge in [-0.3, -0.25) is 0 Å². The van der Waals surface area contributed by atoms with Crippen LogP contribution in [-0.4, -0.2) is 0 Å². The van der Waals surface area contributed by atoms with Crippen LogP contribution >= 0.6 is 0 Å². The molecule has 0 fully saturated rings. The molecule has 0 unspecified atom stereocenters. The van der Waals surface area contributed by atoms with Crippen molar-refractivity contribution in [2.75, 3.05) is 9.80 Å². The summed E-state index contributed by atoms with van der Waals surface area (Å²) in [6, 6.07) is 61.4. The molecule has 0 radical (unpaired) electrons. The molecular weight excluding hydrogens is 701 g/mol. The fourth-order valence-electron chi connectivity index (χ4n) is 10.4. The Labute approximate surface area is 342 Å². The van der Waals surface area contributed by atoms with Gasteiger partial charge in [0, 0.05) is 22.2 Å². The highest BCUT2D eigenvalue weighted by Gasteiger charge is 2.38. The zero-order valence-electron chi connectivity index (χ0n) is 33.6. The lowest BCUT2D eigenvalue weighted by Crippen LogP contribution is -2.30. The van der Waals surface area contributed by atoms with Gasteiger partial charge >= 0.3 is 0 Å². The van der Waals surface area contributed by atoms with E-state index >= 15 is 0 Å². The van der Waals surface area contributed by atoms with E-state index in [2.05, 4.69) is 220 Å². The predicted octanol–water partition coefficient (Wildman–Crippen LogP) is 15.6. The fraction of sp³-hybridized carbons (Fsp3) is 0.143. The second-order valence-electron chi connectivity index (χ2n) is 17.2. The van der Waals surface area contributed by atoms with Gasteiger partial charge in [0.15, 0.2) is 0 Å². The number of fused-ring (bicyclic) bond motifs is 6. The van der Waals surface area contributed by atoms with Gasteiger partial charge in [-0.05, 0) is 127 Å². The zero-order chi connectivity index (χ0) is 39.2. The topological polar surface area (TPSA) is 6.48 Å². The molecule has 0 aromatic heterocycles. The molecule has 0 N–H and O–H groups in total. The third-order valence-corrected chi connectivity index (χ3v) is 13.3. The highest BCUT2D eigenvalue weighted by atomic mass is 15.2. The van der Waals surface area contributed by atoms with E-state index in [4.69, 9.17) is 0 Å². The predicted molar refractivity (Wildman–Crippen MR) is 247 cm³/mol. The van der Waals surface area contributed by atoms with Crippen LogP contribution in [0.2, 0.25) is 0 Å². The van der Waals surface area contributed by atoms with E-state index in [0.29, 0.717) is 0 Å². The molecule has 0 spiro atoms. The molecule has 2 nitrogen and oxygen atoms in total. The molecule has 58 heavy (non-hydrogen) atoms. The highest BCUT2D eigenvalue weighted by molar-refractivity contribution is 6.20. The van der Waals surface area contributed by atoms with Gasteiger partial charge < -0.3 is 9.80 Å². The summed E-state index contributed by atoms with van der Waals surface area (Å²) in [6.45, 7) is 9.44. The molecule has 2 heteroatoms. The largest absolute Gasteiger partial charge is 0.310 e. The number of hydrogen-bond acceptors (Lipinski definition) is 2. The molecule has 0 saturated carbocycles. The van der Waals surface area contributed by atoms with Crippen LogP contribution in [0, 0.1) is 0 Å². The van der Waals surface area contributed by atoms with Crippen LogP contribution in [0.15, 0.2) is 182 Å². The first-order chi connectivity index (χ1) is 28.3. The quantitative estimate of drug-likeness (QED) is 0.166. The Kier molecular flexibility index (Phi) is 7.72. The number of allylic oxidation sites excluding steroid dienone is 4. The van der Waals surface area contributed by atoms with E-state index in [9.17, 15) is 0 Å². The minimum Gasteiger partial charge on any atom is -0.310 e. The first-order valence-corrected chi connectivity index (χ1v) is 20.8. The van der Waals surface area contributed by atoms with Gasteiger partial charge in [-0.1, -0.05) is 161 Å². The smallest absolute Gasteiger partial charge is 0.0502 e. The third kappa shape index (κ3) is 5.04. The molecule has 2 heterocycles. The van der Waals surface area contributed by atoms with E-state index in [1.807, 2.05) is 0 Å². The normalized spacial score (nSPS) is 16.0. The first kappa shape index (κ1) is 34.6. The van der Waals surface area contributed by atoms with Crippen molar-refractivity contribution in [1.82, 2.24) is 0 Å². The average molecular weight is 747 g/mol. The van der Waals surface area contributed by atoms with Gasteiger partial charge in [-0.2, -0.15) is 0 Å². The lowest BCUT2D eigenvalue weighted by molar-refractivity contribution is 0.632. The van der Waals surface area contributed by atoms with Crippen molar-refractivity contribution in [3.8, 4) is 11.1 Å². The Morgan fingerprint density at radius 3 is 1.24 bits per heavy atom. The second-order valence-corrected chi connectivity index (χ2v) is 17.2. The lowest BCUT2D eigenvalue weighted by atomic mass is 9.73. The Balaban J connectivity index is 1.24. The maximum absolute atomic E-state index is 2.50. The van der Waals surface area contributed by atoms with E-state index in [-0.39, 0.29) is 10.8 Å². The second kappa shape index (κ2) is 12.9. The molecule has 0 amide bonds. The van der Waals surface area contributed by atoms with Gasteiger partial charge in [0.05, 0.1) is 22.7 Å². The lowest BCUT2D eigenvalue weighted by Gasteiger charge is -2.42. The van der Waals surface area contributed by atoms with E-state index in [1.54, 1.807) is 0 Å². The van der Waals surface area contributed by atoms with Gasteiger partial charge in [-0.25, -0.2) is 0 Å². The summed E-state index contributed by atoms with van der Waals surface area (Å²) >= 11 is 0. The number of para-hydroxylation sites is 4. The van der Waals surface area contributed by atoms with Crippen LogP contribution in [0.25, 0.3) is 38.2 Å². The number of rotatable bonds is 4. The third-order valence-electron chi connectivity index (χ3n) is 13.3. The van der Waals surface area contributed by atoms with Gasteiger partial charge in [0.2, 0.25) is 0 Å². The summed E-state index contributed by atoms with van der Waals surface area (Å²) in [4.78, 5) is 5.00. The van der Waals surface area contributed by atoms with Crippen molar-refractivity contribution in [3.63, 3.8) is 0 Å². The maximum Gasteiger partial charge on any atom is 0.0502 e. The Morgan fingerprint density at radius 1 is 0.414 bits per heavy atom. The molecule has 3 aliphatic rings. The summed E-state index contributed by atoms with van der Waals surface area (Å²) in [5.74, 6) is 0. The van der Waals surface area contributed by atoms with Gasteiger partial charge in [0.1, 0.15) is 0 Å². The summed E-state index contributed by atoms with van der Waals surface area (Å²) in [6.07, 6.45) is 8.94. The van der Waals surface area contributed by atoms with Crippen LogP contribution in [0.5, 0.6) is 0 Å². The van der Waals surface area contributed by atoms with Crippen LogP contribution in [0.4, 0.5) is 34.1 Å².